The molecule has 0 aliphatic heterocycles. The lowest BCUT2D eigenvalue weighted by molar-refractivity contribution is 0.306. The predicted molar refractivity (Wildman–Crippen MR) is 109 cm³/mol. The van der Waals surface area contributed by atoms with Crippen molar-refractivity contribution in [3.05, 3.63) is 100 Å². The summed E-state index contributed by atoms with van der Waals surface area (Å²) in [5, 5.41) is 9.37. The monoisotopic (exact) mass is 407 g/mol. The van der Waals surface area contributed by atoms with Gasteiger partial charge in [0.05, 0.1) is 4.90 Å². The molecule has 0 radical (unpaired) electrons. The first-order valence-corrected chi connectivity index (χ1v) is 10.3. The summed E-state index contributed by atoms with van der Waals surface area (Å²) in [7, 11) is -3.89. The van der Waals surface area contributed by atoms with Crippen LogP contribution in [0.2, 0.25) is 0 Å². The van der Waals surface area contributed by atoms with Crippen molar-refractivity contribution >= 4 is 15.9 Å². The summed E-state index contributed by atoms with van der Waals surface area (Å²) in [6, 6.07) is 20.9. The van der Waals surface area contributed by atoms with Gasteiger partial charge in [-0.2, -0.15) is 5.26 Å². The van der Waals surface area contributed by atoms with Gasteiger partial charge in [-0.05, 0) is 60.5 Å². The van der Waals surface area contributed by atoms with Crippen molar-refractivity contribution in [3.63, 3.8) is 0 Å². The maximum absolute atomic E-state index is 12.9. The van der Waals surface area contributed by atoms with Crippen LogP contribution in [0.5, 0.6) is 5.75 Å². The molecule has 3 aromatic carbocycles. The van der Waals surface area contributed by atoms with Crippen LogP contribution in [0.1, 0.15) is 16.7 Å². The third-order valence-electron chi connectivity index (χ3n) is 4.23. The molecule has 0 saturated carbocycles. The van der Waals surface area contributed by atoms with E-state index in [0.29, 0.717) is 11.3 Å². The van der Waals surface area contributed by atoms with E-state index in [2.05, 4.69) is 0 Å². The number of sulfone groups is 1. The molecule has 29 heavy (non-hydrogen) atoms. The summed E-state index contributed by atoms with van der Waals surface area (Å²) in [4.78, 5) is -0.253. The van der Waals surface area contributed by atoms with Gasteiger partial charge in [-0.15, -0.1) is 0 Å². The highest BCUT2D eigenvalue weighted by Gasteiger charge is 2.20. The van der Waals surface area contributed by atoms with E-state index in [1.54, 1.807) is 54.6 Å². The third kappa shape index (κ3) is 5.09. The van der Waals surface area contributed by atoms with Crippen LogP contribution >= 0.6 is 0 Å². The Morgan fingerprint density at radius 2 is 1.62 bits per heavy atom. The molecular weight excluding hydrogens is 389 g/mol. The molecule has 146 valence electrons. The fourth-order valence-electron chi connectivity index (χ4n) is 2.57. The minimum Gasteiger partial charge on any atom is -0.489 e. The van der Waals surface area contributed by atoms with Gasteiger partial charge in [0.25, 0.3) is 0 Å². The molecule has 6 heteroatoms. The molecule has 0 unspecified atom stereocenters. The van der Waals surface area contributed by atoms with Crippen LogP contribution in [0, 0.1) is 24.1 Å². The van der Waals surface area contributed by atoms with E-state index < -0.39 is 9.84 Å². The van der Waals surface area contributed by atoms with Gasteiger partial charge in [0.1, 0.15) is 29.1 Å². The Morgan fingerprint density at radius 1 is 1.00 bits per heavy atom. The van der Waals surface area contributed by atoms with Crippen LogP contribution in [0.15, 0.2) is 82.6 Å². The Balaban J connectivity index is 1.75. The summed E-state index contributed by atoms with van der Waals surface area (Å²) in [5.41, 5.74) is 2.32. The molecule has 0 bridgehead atoms. The van der Waals surface area contributed by atoms with Gasteiger partial charge in [0.15, 0.2) is 0 Å². The lowest BCUT2D eigenvalue weighted by atomic mass is 10.2. The molecule has 0 atom stereocenters. The Bertz CT molecular complexity index is 1160. The zero-order valence-electron chi connectivity index (χ0n) is 15.7. The van der Waals surface area contributed by atoms with Crippen molar-refractivity contribution in [1.82, 2.24) is 0 Å². The Labute approximate surface area is 169 Å². The second kappa shape index (κ2) is 8.72. The van der Waals surface area contributed by atoms with Gasteiger partial charge in [-0.1, -0.05) is 42.0 Å². The number of allylic oxidation sites excluding steroid dienone is 1. The molecule has 3 rings (SSSR count). The van der Waals surface area contributed by atoms with Gasteiger partial charge in [-0.3, -0.25) is 0 Å². The number of halogens is 1. The van der Waals surface area contributed by atoms with Gasteiger partial charge < -0.3 is 4.74 Å². The van der Waals surface area contributed by atoms with Crippen molar-refractivity contribution in [2.45, 2.75) is 18.4 Å². The highest BCUT2D eigenvalue weighted by atomic mass is 32.2. The number of ether oxygens (including phenoxy) is 1. The second-order valence-corrected chi connectivity index (χ2v) is 8.34. The second-order valence-electron chi connectivity index (χ2n) is 6.42. The molecule has 0 aliphatic carbocycles. The zero-order chi connectivity index (χ0) is 20.9. The molecule has 3 aromatic rings. The van der Waals surface area contributed by atoms with Crippen LogP contribution in [0.3, 0.4) is 0 Å². The van der Waals surface area contributed by atoms with Gasteiger partial charge in [0, 0.05) is 0 Å². The number of nitrogens with zero attached hydrogens (tertiary/aromatic N) is 1. The van der Waals surface area contributed by atoms with Crippen LogP contribution in [-0.2, 0) is 16.4 Å². The van der Waals surface area contributed by atoms with E-state index in [9.17, 15) is 18.1 Å². The summed E-state index contributed by atoms with van der Waals surface area (Å²) < 4.78 is 43.9. The van der Waals surface area contributed by atoms with Crippen molar-refractivity contribution in [2.24, 2.45) is 0 Å². The Hall–Kier alpha value is -3.43. The number of rotatable bonds is 6. The van der Waals surface area contributed by atoms with E-state index >= 15 is 0 Å². The average Bonchev–Trinajstić information content (AvgIpc) is 2.72. The molecule has 0 aliphatic rings. The number of aryl methyl sites for hydroxylation is 1. The SMILES string of the molecule is Cc1ccc(S(=O)(=O)/C(C#N)=C/c2ccc(OCc3ccc(F)cc3)cc2)cc1. The lowest BCUT2D eigenvalue weighted by Gasteiger charge is -2.07. The van der Waals surface area contributed by atoms with Crippen LogP contribution in [0.4, 0.5) is 4.39 Å². The molecule has 0 heterocycles. The normalized spacial score (nSPS) is 11.7. The number of nitriles is 1. The molecule has 0 amide bonds. The summed E-state index contributed by atoms with van der Waals surface area (Å²) in [6.07, 6.45) is 1.33. The standard InChI is InChI=1S/C23H18FNO3S/c1-17-2-12-22(13-3-17)29(26,27)23(15-25)14-18-6-10-21(11-7-18)28-16-19-4-8-20(24)9-5-19/h2-14H,16H2,1H3/b23-14+. The van der Waals surface area contributed by atoms with Crippen molar-refractivity contribution in [3.8, 4) is 11.8 Å². The molecule has 0 aromatic heterocycles. The molecule has 0 fully saturated rings. The highest BCUT2D eigenvalue weighted by Crippen LogP contribution is 2.23. The summed E-state index contributed by atoms with van der Waals surface area (Å²) in [5.74, 6) is 0.269. The fraction of sp³-hybridized carbons (Fsp3) is 0.0870. The van der Waals surface area contributed by atoms with E-state index in [1.165, 1.54) is 30.3 Å². The molecule has 0 N–H and O–H groups in total. The molecule has 0 spiro atoms. The summed E-state index contributed by atoms with van der Waals surface area (Å²) in [6.45, 7) is 2.14. The summed E-state index contributed by atoms with van der Waals surface area (Å²) >= 11 is 0. The number of hydrogen-bond acceptors (Lipinski definition) is 4. The van der Waals surface area contributed by atoms with Crippen LogP contribution in [-0.4, -0.2) is 8.42 Å². The van der Waals surface area contributed by atoms with Gasteiger partial charge >= 0.3 is 0 Å². The van der Waals surface area contributed by atoms with Crippen molar-refractivity contribution < 1.29 is 17.5 Å². The lowest BCUT2D eigenvalue weighted by Crippen LogP contribution is -2.03. The average molecular weight is 407 g/mol. The first-order valence-electron chi connectivity index (χ1n) is 8.79. The largest absolute Gasteiger partial charge is 0.489 e. The number of benzene rings is 3. The topological polar surface area (TPSA) is 67.2 Å². The first kappa shape index (κ1) is 20.3. The fourth-order valence-corrected chi connectivity index (χ4v) is 3.73. The third-order valence-corrected chi connectivity index (χ3v) is 5.91. The number of hydrogen-bond donors (Lipinski definition) is 0. The quantitative estimate of drug-likeness (QED) is 0.536. The molecular formula is C23H18FNO3S. The predicted octanol–water partition coefficient (Wildman–Crippen LogP) is 5.05. The van der Waals surface area contributed by atoms with E-state index in [0.717, 1.165) is 11.1 Å². The maximum atomic E-state index is 12.9. The van der Waals surface area contributed by atoms with Crippen molar-refractivity contribution in [2.75, 3.05) is 0 Å². The highest BCUT2D eigenvalue weighted by molar-refractivity contribution is 7.95. The minimum absolute atomic E-state index is 0.0788. The van der Waals surface area contributed by atoms with E-state index in [4.69, 9.17) is 4.74 Å². The maximum Gasteiger partial charge on any atom is 0.216 e. The Morgan fingerprint density at radius 3 is 2.21 bits per heavy atom. The van der Waals surface area contributed by atoms with Gasteiger partial charge in [0.2, 0.25) is 9.84 Å². The van der Waals surface area contributed by atoms with Crippen LogP contribution in [0.25, 0.3) is 6.08 Å². The smallest absolute Gasteiger partial charge is 0.216 e. The van der Waals surface area contributed by atoms with Gasteiger partial charge in [-0.25, -0.2) is 12.8 Å². The molecule has 0 saturated heterocycles. The minimum atomic E-state index is -3.89. The van der Waals surface area contributed by atoms with E-state index in [-0.39, 0.29) is 22.2 Å². The van der Waals surface area contributed by atoms with E-state index in [1.807, 2.05) is 6.92 Å². The zero-order valence-corrected chi connectivity index (χ0v) is 16.5. The first-order chi connectivity index (χ1) is 13.9. The molecule has 4 nitrogen and oxygen atoms in total. The van der Waals surface area contributed by atoms with Crippen molar-refractivity contribution in [1.29, 1.82) is 5.26 Å². The Kier molecular flexibility index (Phi) is 6.10. The van der Waals surface area contributed by atoms with Crippen LogP contribution < -0.4 is 4.74 Å².